The highest BCUT2D eigenvalue weighted by Crippen LogP contribution is 2.07. The van der Waals surface area contributed by atoms with E-state index in [1.165, 1.54) is 10.6 Å². The Bertz CT molecular complexity index is 149. The standard InChI is InChI=1S/C7H11NO/c1-2-7-3-5-8(9)6-4-7/h3-5,9H,2,6H2,1H3. The molecule has 1 aliphatic rings. The number of nitrogens with zero attached hydrogens (tertiary/aromatic N) is 1. The van der Waals surface area contributed by atoms with E-state index < -0.39 is 0 Å². The molecule has 2 heteroatoms. The molecule has 1 aliphatic heterocycles. The van der Waals surface area contributed by atoms with Crippen molar-refractivity contribution in [1.82, 2.24) is 5.06 Å². The lowest BCUT2D eigenvalue weighted by Gasteiger charge is -2.13. The van der Waals surface area contributed by atoms with Gasteiger partial charge >= 0.3 is 0 Å². The summed E-state index contributed by atoms with van der Waals surface area (Å²) < 4.78 is 0. The molecule has 0 spiro atoms. The van der Waals surface area contributed by atoms with Gasteiger partial charge in [0, 0.05) is 6.20 Å². The van der Waals surface area contributed by atoms with Crippen molar-refractivity contribution >= 4 is 0 Å². The van der Waals surface area contributed by atoms with Crippen LogP contribution in [-0.2, 0) is 0 Å². The molecule has 9 heavy (non-hydrogen) atoms. The molecule has 0 atom stereocenters. The van der Waals surface area contributed by atoms with Gasteiger partial charge in [0.05, 0.1) is 6.54 Å². The maximum absolute atomic E-state index is 8.82. The maximum Gasteiger partial charge on any atom is 0.0633 e. The predicted octanol–water partition coefficient (Wildman–Crippen LogP) is 1.54. The third-order valence-corrected chi connectivity index (χ3v) is 1.41. The van der Waals surface area contributed by atoms with Crippen molar-refractivity contribution in [3.63, 3.8) is 0 Å². The number of hydroxylamine groups is 2. The minimum absolute atomic E-state index is 0.625. The molecule has 0 fully saturated rings. The first kappa shape index (κ1) is 6.36. The first-order valence-electron chi connectivity index (χ1n) is 3.15. The molecule has 1 heterocycles. The van der Waals surface area contributed by atoms with E-state index in [1.807, 2.05) is 12.2 Å². The second-order valence-corrected chi connectivity index (χ2v) is 2.07. The highest BCUT2D eigenvalue weighted by Gasteiger charge is 1.97. The Labute approximate surface area is 55.1 Å². The molecule has 0 saturated carbocycles. The number of hydrogen-bond donors (Lipinski definition) is 1. The second-order valence-electron chi connectivity index (χ2n) is 2.07. The SMILES string of the molecule is CCC1=CCN(O)C=C1. The van der Waals surface area contributed by atoms with Gasteiger partial charge in [0.1, 0.15) is 0 Å². The molecule has 0 amide bonds. The minimum atomic E-state index is 0.625. The second kappa shape index (κ2) is 2.69. The monoisotopic (exact) mass is 125 g/mol. The highest BCUT2D eigenvalue weighted by molar-refractivity contribution is 5.20. The van der Waals surface area contributed by atoms with Crippen LogP contribution in [0.5, 0.6) is 0 Å². The zero-order valence-corrected chi connectivity index (χ0v) is 5.54. The Balaban J connectivity index is 2.52. The summed E-state index contributed by atoms with van der Waals surface area (Å²) in [5, 5.41) is 9.99. The normalized spacial score (nSPS) is 18.0. The zero-order valence-electron chi connectivity index (χ0n) is 5.54. The van der Waals surface area contributed by atoms with Crippen molar-refractivity contribution < 1.29 is 5.21 Å². The molecule has 0 radical (unpaired) electrons. The largest absolute Gasteiger partial charge is 0.289 e. The van der Waals surface area contributed by atoms with E-state index in [9.17, 15) is 0 Å². The first-order valence-corrected chi connectivity index (χ1v) is 3.15. The van der Waals surface area contributed by atoms with Crippen LogP contribution in [0.15, 0.2) is 23.9 Å². The third-order valence-electron chi connectivity index (χ3n) is 1.41. The Morgan fingerprint density at radius 1 is 1.78 bits per heavy atom. The van der Waals surface area contributed by atoms with E-state index in [1.54, 1.807) is 6.20 Å². The lowest BCUT2D eigenvalue weighted by Crippen LogP contribution is -2.14. The molecule has 0 unspecified atom stereocenters. The summed E-state index contributed by atoms with van der Waals surface area (Å²) >= 11 is 0. The number of allylic oxidation sites excluding steroid dienone is 2. The zero-order chi connectivity index (χ0) is 6.69. The van der Waals surface area contributed by atoms with Gasteiger partial charge in [0.2, 0.25) is 0 Å². The molecule has 0 aromatic carbocycles. The van der Waals surface area contributed by atoms with E-state index in [0.717, 1.165) is 6.42 Å². The molecule has 50 valence electrons. The molecule has 2 nitrogen and oxygen atoms in total. The van der Waals surface area contributed by atoms with Crippen molar-refractivity contribution in [2.45, 2.75) is 13.3 Å². The average molecular weight is 125 g/mol. The Morgan fingerprint density at radius 2 is 2.56 bits per heavy atom. The molecule has 1 rings (SSSR count). The quantitative estimate of drug-likeness (QED) is 0.574. The summed E-state index contributed by atoms with van der Waals surface area (Å²) in [7, 11) is 0. The van der Waals surface area contributed by atoms with Crippen LogP contribution in [0, 0.1) is 0 Å². The minimum Gasteiger partial charge on any atom is -0.289 e. The van der Waals surface area contributed by atoms with Crippen LogP contribution in [0.2, 0.25) is 0 Å². The van der Waals surface area contributed by atoms with Crippen molar-refractivity contribution in [3.8, 4) is 0 Å². The maximum atomic E-state index is 8.82. The molecule has 0 saturated heterocycles. The summed E-state index contributed by atoms with van der Waals surface area (Å²) in [5.74, 6) is 0. The Morgan fingerprint density at radius 3 is 3.00 bits per heavy atom. The molecule has 0 aliphatic carbocycles. The van der Waals surface area contributed by atoms with Crippen molar-refractivity contribution in [2.24, 2.45) is 0 Å². The fourth-order valence-electron chi connectivity index (χ4n) is 0.784. The average Bonchev–Trinajstić information content (AvgIpc) is 1.90. The van der Waals surface area contributed by atoms with Crippen LogP contribution >= 0.6 is 0 Å². The van der Waals surface area contributed by atoms with Crippen molar-refractivity contribution in [3.05, 3.63) is 23.9 Å². The van der Waals surface area contributed by atoms with Gasteiger partial charge in [-0.25, -0.2) is 0 Å². The van der Waals surface area contributed by atoms with Crippen molar-refractivity contribution in [2.75, 3.05) is 6.54 Å². The number of rotatable bonds is 1. The summed E-state index contributed by atoms with van der Waals surface area (Å²) in [5.41, 5.74) is 1.29. The fourth-order valence-corrected chi connectivity index (χ4v) is 0.784. The summed E-state index contributed by atoms with van der Waals surface area (Å²) in [6.07, 6.45) is 6.66. The van der Waals surface area contributed by atoms with Crippen LogP contribution < -0.4 is 0 Å². The highest BCUT2D eigenvalue weighted by atomic mass is 16.5. The molecular formula is C7H11NO. The van der Waals surface area contributed by atoms with Gasteiger partial charge in [0.15, 0.2) is 0 Å². The van der Waals surface area contributed by atoms with Crippen LogP contribution in [0.4, 0.5) is 0 Å². The van der Waals surface area contributed by atoms with E-state index in [4.69, 9.17) is 5.21 Å². The molecule has 0 aromatic rings. The Hall–Kier alpha value is -0.760. The van der Waals surface area contributed by atoms with Crippen LogP contribution in [-0.4, -0.2) is 16.8 Å². The van der Waals surface area contributed by atoms with E-state index >= 15 is 0 Å². The van der Waals surface area contributed by atoms with Gasteiger partial charge in [-0.15, -0.1) is 0 Å². The van der Waals surface area contributed by atoms with Gasteiger partial charge in [-0.1, -0.05) is 13.0 Å². The molecule has 0 aromatic heterocycles. The molecular weight excluding hydrogens is 114 g/mol. The van der Waals surface area contributed by atoms with Crippen molar-refractivity contribution in [1.29, 1.82) is 0 Å². The van der Waals surface area contributed by atoms with E-state index in [2.05, 4.69) is 6.92 Å². The van der Waals surface area contributed by atoms with Gasteiger partial charge in [-0.05, 0) is 18.1 Å². The van der Waals surface area contributed by atoms with E-state index in [-0.39, 0.29) is 0 Å². The first-order chi connectivity index (χ1) is 4.33. The van der Waals surface area contributed by atoms with Gasteiger partial charge in [-0.3, -0.25) is 10.3 Å². The summed E-state index contributed by atoms with van der Waals surface area (Å²) in [6, 6.07) is 0. The van der Waals surface area contributed by atoms with Gasteiger partial charge < -0.3 is 0 Å². The number of hydrogen-bond acceptors (Lipinski definition) is 2. The molecule has 0 bridgehead atoms. The van der Waals surface area contributed by atoms with Gasteiger partial charge in [0.25, 0.3) is 0 Å². The predicted molar refractivity (Wildman–Crippen MR) is 36.0 cm³/mol. The molecule has 1 N–H and O–H groups in total. The van der Waals surface area contributed by atoms with Crippen LogP contribution in [0.3, 0.4) is 0 Å². The topological polar surface area (TPSA) is 23.5 Å². The fraction of sp³-hybridized carbons (Fsp3) is 0.429. The summed E-state index contributed by atoms with van der Waals surface area (Å²) in [4.78, 5) is 0. The lowest BCUT2D eigenvalue weighted by molar-refractivity contribution is -0.0306. The Kier molecular flexibility index (Phi) is 1.90. The van der Waals surface area contributed by atoms with Crippen LogP contribution in [0.1, 0.15) is 13.3 Å². The van der Waals surface area contributed by atoms with Crippen LogP contribution in [0.25, 0.3) is 0 Å². The van der Waals surface area contributed by atoms with Gasteiger partial charge in [-0.2, -0.15) is 0 Å². The third kappa shape index (κ3) is 1.57. The lowest BCUT2D eigenvalue weighted by atomic mass is 10.1. The van der Waals surface area contributed by atoms with E-state index in [0.29, 0.717) is 6.54 Å². The summed E-state index contributed by atoms with van der Waals surface area (Å²) in [6.45, 7) is 2.73. The smallest absolute Gasteiger partial charge is 0.0633 e.